The van der Waals surface area contributed by atoms with Gasteiger partial charge in [-0.2, -0.15) is 5.10 Å². The lowest BCUT2D eigenvalue weighted by Gasteiger charge is -2.24. The molecule has 0 bridgehead atoms. The molecule has 0 saturated heterocycles. The molecule has 0 aliphatic carbocycles. The number of likely N-dealkylation sites (N-methyl/N-ethyl adjacent to an activating group) is 1. The summed E-state index contributed by atoms with van der Waals surface area (Å²) >= 11 is 1.48. The van der Waals surface area contributed by atoms with Gasteiger partial charge in [0.05, 0.1) is 16.7 Å². The number of hydrogen-bond donors (Lipinski definition) is 1. The van der Waals surface area contributed by atoms with Gasteiger partial charge in [-0.25, -0.2) is 4.39 Å². The van der Waals surface area contributed by atoms with Crippen LogP contribution >= 0.6 is 11.8 Å². The molecule has 9 heteroatoms. The normalized spacial score (nSPS) is 16.8. The quantitative estimate of drug-likeness (QED) is 0.716. The lowest BCUT2D eigenvalue weighted by Crippen LogP contribution is -2.43. The summed E-state index contributed by atoms with van der Waals surface area (Å²) in [5.41, 5.74) is 2.39. The molecule has 1 atom stereocenters. The van der Waals surface area contributed by atoms with Crippen LogP contribution in [0, 0.1) is 5.82 Å². The van der Waals surface area contributed by atoms with Gasteiger partial charge in [0.1, 0.15) is 18.2 Å². The minimum absolute atomic E-state index is 0.0704. The van der Waals surface area contributed by atoms with Crippen LogP contribution in [0.2, 0.25) is 0 Å². The van der Waals surface area contributed by atoms with Crippen LogP contribution in [0.25, 0.3) is 0 Å². The molecule has 1 unspecified atom stereocenters. The first-order valence-electron chi connectivity index (χ1n) is 10.6. The van der Waals surface area contributed by atoms with Gasteiger partial charge in [-0.05, 0) is 31.8 Å². The number of hydrogen-bond acceptors (Lipinski definition) is 5. The lowest BCUT2D eigenvalue weighted by atomic mass is 9.87. The van der Waals surface area contributed by atoms with E-state index in [1.807, 2.05) is 19.0 Å². The third-order valence-corrected chi connectivity index (χ3v) is 6.57. The number of carbonyl (C=O) groups is 2. The van der Waals surface area contributed by atoms with E-state index in [0.717, 1.165) is 16.8 Å². The molecule has 1 aliphatic rings. The van der Waals surface area contributed by atoms with Crippen molar-refractivity contribution in [1.82, 2.24) is 20.0 Å². The van der Waals surface area contributed by atoms with E-state index in [4.69, 9.17) is 5.10 Å². The van der Waals surface area contributed by atoms with Crippen LogP contribution in [0.5, 0.6) is 0 Å². The summed E-state index contributed by atoms with van der Waals surface area (Å²) in [5, 5.41) is 7.46. The maximum Gasteiger partial charge on any atom is 0.240 e. The molecule has 2 amide bonds. The average molecular weight is 462 g/mol. The maximum atomic E-state index is 13.6. The molecular weight excluding hydrogens is 429 g/mol. The fraction of sp³-hybridized carbons (Fsp3) is 0.522. The molecule has 2 heterocycles. The molecule has 2 aromatic rings. The zero-order chi connectivity index (χ0) is 23.6. The van der Waals surface area contributed by atoms with E-state index in [-0.39, 0.29) is 40.6 Å². The Kier molecular flexibility index (Phi) is 7.29. The molecule has 7 nitrogen and oxygen atoms in total. The van der Waals surface area contributed by atoms with E-state index >= 15 is 0 Å². The Hall–Kier alpha value is -2.39. The first-order valence-corrected chi connectivity index (χ1v) is 11.7. The van der Waals surface area contributed by atoms with Gasteiger partial charge >= 0.3 is 0 Å². The molecule has 3 rings (SSSR count). The monoisotopic (exact) mass is 461 g/mol. The summed E-state index contributed by atoms with van der Waals surface area (Å²) in [5.74, 6) is 0.177. The van der Waals surface area contributed by atoms with Gasteiger partial charge < -0.3 is 10.2 Å². The Labute approximate surface area is 193 Å². The number of amides is 2. The summed E-state index contributed by atoms with van der Waals surface area (Å²) in [6.45, 7) is 7.38. The fourth-order valence-electron chi connectivity index (χ4n) is 3.76. The van der Waals surface area contributed by atoms with Crippen LogP contribution in [0.4, 0.5) is 10.2 Å². The van der Waals surface area contributed by atoms with Crippen molar-refractivity contribution in [3.8, 4) is 0 Å². The predicted molar refractivity (Wildman–Crippen MR) is 127 cm³/mol. The van der Waals surface area contributed by atoms with Crippen LogP contribution in [-0.2, 0) is 22.1 Å². The van der Waals surface area contributed by atoms with Crippen molar-refractivity contribution in [1.29, 1.82) is 0 Å². The van der Waals surface area contributed by atoms with Gasteiger partial charge in [-0.3, -0.25) is 19.2 Å². The Balaban J connectivity index is 2.04. The Morgan fingerprint density at radius 3 is 2.53 bits per heavy atom. The third-order valence-electron chi connectivity index (χ3n) is 5.31. The Morgan fingerprint density at radius 1 is 1.28 bits per heavy atom. The van der Waals surface area contributed by atoms with Crippen molar-refractivity contribution in [2.24, 2.45) is 7.05 Å². The van der Waals surface area contributed by atoms with Gasteiger partial charge in [-0.15, -0.1) is 11.8 Å². The van der Waals surface area contributed by atoms with Crippen molar-refractivity contribution in [2.45, 2.75) is 31.4 Å². The first-order chi connectivity index (χ1) is 15.0. The van der Waals surface area contributed by atoms with Gasteiger partial charge in [-0.1, -0.05) is 32.9 Å². The summed E-state index contributed by atoms with van der Waals surface area (Å²) in [6.07, 6.45) is 0. The number of benzene rings is 1. The number of nitrogens with one attached hydrogen (secondary N) is 1. The van der Waals surface area contributed by atoms with Gasteiger partial charge in [0, 0.05) is 31.1 Å². The third kappa shape index (κ3) is 5.32. The van der Waals surface area contributed by atoms with Crippen LogP contribution in [0.15, 0.2) is 24.3 Å². The van der Waals surface area contributed by atoms with E-state index in [1.165, 1.54) is 23.9 Å². The number of fused-ring (bicyclic) bond motifs is 1. The van der Waals surface area contributed by atoms with E-state index < -0.39 is 0 Å². The SMILES string of the molecule is CN(C)CCNC(=O)CN1C(=O)CSC(c2ccc(F)cc2)c2c(C(C)(C)C)nn(C)c21. The highest BCUT2D eigenvalue weighted by Gasteiger charge is 2.38. The summed E-state index contributed by atoms with van der Waals surface area (Å²) < 4.78 is 15.3. The number of halogens is 1. The number of nitrogens with zero attached hydrogens (tertiary/aromatic N) is 4. The minimum atomic E-state index is -0.304. The molecule has 1 aromatic heterocycles. The zero-order valence-corrected chi connectivity index (χ0v) is 20.4. The molecular formula is C23H32FN5O2S. The van der Waals surface area contributed by atoms with Gasteiger partial charge in [0.25, 0.3) is 0 Å². The van der Waals surface area contributed by atoms with Gasteiger partial charge in [0.2, 0.25) is 11.8 Å². The molecule has 174 valence electrons. The molecule has 1 aliphatic heterocycles. The van der Waals surface area contributed by atoms with Crippen molar-refractivity contribution in [3.05, 3.63) is 46.9 Å². The maximum absolute atomic E-state index is 13.6. The molecule has 0 saturated carbocycles. The van der Waals surface area contributed by atoms with E-state index in [2.05, 4.69) is 26.1 Å². The second-order valence-corrected chi connectivity index (χ2v) is 10.4. The number of anilines is 1. The van der Waals surface area contributed by atoms with E-state index in [0.29, 0.717) is 18.9 Å². The number of aromatic nitrogens is 2. The highest BCUT2D eigenvalue weighted by molar-refractivity contribution is 8.00. The van der Waals surface area contributed by atoms with Gasteiger partial charge in [0.15, 0.2) is 0 Å². The number of rotatable bonds is 6. The molecule has 1 aromatic carbocycles. The highest BCUT2D eigenvalue weighted by Crippen LogP contribution is 2.47. The smallest absolute Gasteiger partial charge is 0.240 e. The lowest BCUT2D eigenvalue weighted by molar-refractivity contribution is -0.122. The topological polar surface area (TPSA) is 70.5 Å². The van der Waals surface area contributed by atoms with Crippen molar-refractivity contribution >= 4 is 29.4 Å². The molecule has 0 spiro atoms. The molecule has 32 heavy (non-hydrogen) atoms. The minimum Gasteiger partial charge on any atom is -0.353 e. The van der Waals surface area contributed by atoms with Crippen molar-refractivity contribution in [2.75, 3.05) is 44.4 Å². The summed E-state index contributed by atoms with van der Waals surface area (Å²) in [7, 11) is 5.68. The van der Waals surface area contributed by atoms with Crippen molar-refractivity contribution in [3.63, 3.8) is 0 Å². The van der Waals surface area contributed by atoms with Crippen LogP contribution in [0.1, 0.15) is 42.8 Å². The largest absolute Gasteiger partial charge is 0.353 e. The molecule has 0 radical (unpaired) electrons. The predicted octanol–water partition coefficient (Wildman–Crippen LogP) is 2.70. The van der Waals surface area contributed by atoms with Crippen molar-refractivity contribution < 1.29 is 14.0 Å². The average Bonchev–Trinajstić information content (AvgIpc) is 2.97. The fourth-order valence-corrected chi connectivity index (χ4v) is 4.96. The Morgan fingerprint density at radius 2 is 1.94 bits per heavy atom. The van der Waals surface area contributed by atoms with E-state index in [9.17, 15) is 14.0 Å². The van der Waals surface area contributed by atoms with Crippen LogP contribution in [-0.4, -0.2) is 66.0 Å². The van der Waals surface area contributed by atoms with E-state index in [1.54, 1.807) is 28.8 Å². The summed E-state index contributed by atoms with van der Waals surface area (Å²) in [4.78, 5) is 29.3. The Bertz CT molecular complexity index is 982. The van der Waals surface area contributed by atoms with Crippen LogP contribution < -0.4 is 10.2 Å². The first kappa shape index (κ1) is 24.3. The number of thioether (sulfide) groups is 1. The molecule has 0 fully saturated rings. The second-order valence-electron chi connectivity index (χ2n) is 9.34. The summed E-state index contributed by atoms with van der Waals surface area (Å²) in [6, 6.07) is 6.38. The standard InChI is InChI=1S/C23H32FN5O2S/c1-23(2,3)21-19-20(15-7-9-16(24)10-8-15)32-14-18(31)29(22(19)28(6)26-21)13-17(30)25-11-12-27(4)5/h7-10,20H,11-14H2,1-6H3,(H,25,30). The second kappa shape index (κ2) is 9.62. The van der Waals surface area contributed by atoms with Crippen LogP contribution in [0.3, 0.4) is 0 Å². The zero-order valence-electron chi connectivity index (χ0n) is 19.6. The highest BCUT2D eigenvalue weighted by atomic mass is 32.2. The number of carbonyl (C=O) groups excluding carboxylic acids is 2. The number of aryl methyl sites for hydroxylation is 1. The molecule has 1 N–H and O–H groups in total.